The van der Waals surface area contributed by atoms with Gasteiger partial charge in [-0.1, -0.05) is 41.4 Å². The standard InChI is InChI=1S/C21H17Cl2N3O5/c1-24-20(31)25(9-8-12-4-2-3-5-15(12)23)18(29)21(24)14-10-13(22)6-7-16(14)26(19(21)30)11-17(27)28/h2-7,10H,8-9,11H2,1H3,(H,27,28)/t21-/m0/s1. The molecule has 4 amide bonds. The molecule has 0 unspecified atom stereocenters. The number of carbonyl (C=O) groups excluding carboxylic acids is 3. The number of carboxylic acids is 1. The van der Waals surface area contributed by atoms with Crippen molar-refractivity contribution >= 4 is 52.7 Å². The molecule has 8 nitrogen and oxygen atoms in total. The van der Waals surface area contributed by atoms with Gasteiger partial charge in [0.05, 0.1) is 5.69 Å². The Morgan fingerprint density at radius 2 is 1.71 bits per heavy atom. The Balaban J connectivity index is 1.76. The maximum atomic E-state index is 13.6. The number of nitrogens with zero attached hydrogens (tertiary/aromatic N) is 3. The fourth-order valence-electron chi connectivity index (χ4n) is 4.16. The Bertz CT molecular complexity index is 1140. The first-order valence-corrected chi connectivity index (χ1v) is 10.1. The summed E-state index contributed by atoms with van der Waals surface area (Å²) in [4.78, 5) is 54.4. The van der Waals surface area contributed by atoms with Crippen LogP contribution < -0.4 is 4.90 Å². The van der Waals surface area contributed by atoms with Crippen molar-refractivity contribution in [1.82, 2.24) is 9.80 Å². The van der Waals surface area contributed by atoms with E-state index in [1.807, 2.05) is 0 Å². The number of carboxylic acid groups (broad SMARTS) is 1. The zero-order chi connectivity index (χ0) is 22.5. The Morgan fingerprint density at radius 1 is 1.03 bits per heavy atom. The van der Waals surface area contributed by atoms with Gasteiger partial charge in [-0.3, -0.25) is 24.2 Å². The molecule has 2 aromatic carbocycles. The van der Waals surface area contributed by atoms with E-state index in [4.69, 9.17) is 23.2 Å². The Kier molecular flexibility index (Phi) is 5.15. The summed E-state index contributed by atoms with van der Waals surface area (Å²) in [5, 5.41) is 10.0. The second-order valence-corrected chi connectivity index (χ2v) is 8.14. The Morgan fingerprint density at radius 3 is 2.39 bits per heavy atom. The van der Waals surface area contributed by atoms with Gasteiger partial charge in [-0.15, -0.1) is 0 Å². The number of aliphatic carboxylic acids is 1. The van der Waals surface area contributed by atoms with Crippen molar-refractivity contribution in [3.8, 4) is 0 Å². The summed E-state index contributed by atoms with van der Waals surface area (Å²) >= 11 is 12.3. The number of anilines is 1. The van der Waals surface area contributed by atoms with Gasteiger partial charge in [0.15, 0.2) is 0 Å². The van der Waals surface area contributed by atoms with Gasteiger partial charge in [0.25, 0.3) is 11.8 Å². The number of hydrogen-bond donors (Lipinski definition) is 1. The third kappa shape index (κ3) is 3.05. The first kappa shape index (κ1) is 21.1. The molecule has 1 saturated heterocycles. The number of urea groups is 1. The lowest BCUT2D eigenvalue weighted by molar-refractivity contribution is -0.143. The lowest BCUT2D eigenvalue weighted by Crippen LogP contribution is -2.53. The third-order valence-electron chi connectivity index (χ3n) is 5.63. The predicted molar refractivity (Wildman–Crippen MR) is 113 cm³/mol. The molecule has 0 aromatic heterocycles. The highest BCUT2D eigenvalue weighted by atomic mass is 35.5. The van der Waals surface area contributed by atoms with E-state index in [2.05, 4.69) is 0 Å². The van der Waals surface area contributed by atoms with Gasteiger partial charge in [-0.05, 0) is 36.2 Å². The monoisotopic (exact) mass is 461 g/mol. The molecule has 2 aliphatic rings. The van der Waals surface area contributed by atoms with Crippen LogP contribution in [0.4, 0.5) is 10.5 Å². The second-order valence-electron chi connectivity index (χ2n) is 7.30. The average molecular weight is 462 g/mol. The highest BCUT2D eigenvalue weighted by Gasteiger charge is 2.67. The number of amides is 4. The predicted octanol–water partition coefficient (Wildman–Crippen LogP) is 2.76. The van der Waals surface area contributed by atoms with Crippen LogP contribution in [0.2, 0.25) is 10.0 Å². The molecule has 160 valence electrons. The maximum Gasteiger partial charge on any atom is 0.328 e. The molecule has 1 N–H and O–H groups in total. The first-order chi connectivity index (χ1) is 14.7. The fraction of sp³-hybridized carbons (Fsp3) is 0.238. The lowest BCUT2D eigenvalue weighted by Gasteiger charge is -2.27. The van der Waals surface area contributed by atoms with Crippen molar-refractivity contribution < 1.29 is 24.3 Å². The average Bonchev–Trinajstić information content (AvgIpc) is 3.06. The molecule has 10 heteroatoms. The van der Waals surface area contributed by atoms with Crippen LogP contribution >= 0.6 is 23.2 Å². The van der Waals surface area contributed by atoms with Gasteiger partial charge in [0, 0.05) is 29.2 Å². The summed E-state index contributed by atoms with van der Waals surface area (Å²) < 4.78 is 0. The minimum absolute atomic E-state index is 0.00952. The molecule has 1 fully saturated rings. The van der Waals surface area contributed by atoms with Gasteiger partial charge in [-0.25, -0.2) is 4.79 Å². The van der Waals surface area contributed by atoms with Crippen molar-refractivity contribution in [2.75, 3.05) is 25.0 Å². The molecule has 2 aliphatic heterocycles. The molecule has 4 rings (SSSR count). The molecule has 2 heterocycles. The van der Waals surface area contributed by atoms with Crippen LogP contribution in [0.3, 0.4) is 0 Å². The molecular formula is C21H17Cl2N3O5. The smallest absolute Gasteiger partial charge is 0.328 e. The fourth-order valence-corrected chi connectivity index (χ4v) is 4.56. The number of imide groups is 1. The van der Waals surface area contributed by atoms with Crippen LogP contribution in [0.15, 0.2) is 42.5 Å². The van der Waals surface area contributed by atoms with Gasteiger partial charge >= 0.3 is 12.0 Å². The number of likely N-dealkylation sites (N-methyl/N-ethyl adjacent to an activating group) is 1. The quantitative estimate of drug-likeness (QED) is 0.545. The number of fused-ring (bicyclic) bond motifs is 2. The highest BCUT2D eigenvalue weighted by Crippen LogP contribution is 2.48. The van der Waals surface area contributed by atoms with E-state index in [1.165, 1.54) is 25.2 Å². The third-order valence-corrected chi connectivity index (χ3v) is 6.23. The van der Waals surface area contributed by atoms with Gasteiger partial charge in [0.2, 0.25) is 5.54 Å². The second kappa shape index (κ2) is 7.55. The van der Waals surface area contributed by atoms with E-state index in [0.717, 1.165) is 20.3 Å². The topological polar surface area (TPSA) is 98.2 Å². The summed E-state index contributed by atoms with van der Waals surface area (Å²) in [6, 6.07) is 10.8. The van der Waals surface area contributed by atoms with Gasteiger partial charge < -0.3 is 10.0 Å². The number of halogens is 2. The summed E-state index contributed by atoms with van der Waals surface area (Å²) in [5.74, 6) is -2.79. The van der Waals surface area contributed by atoms with Crippen LogP contribution in [0.5, 0.6) is 0 Å². The lowest BCUT2D eigenvalue weighted by atomic mass is 9.90. The van der Waals surface area contributed by atoms with Crippen LogP contribution in [-0.2, 0) is 26.3 Å². The van der Waals surface area contributed by atoms with E-state index in [-0.39, 0.29) is 22.8 Å². The zero-order valence-electron chi connectivity index (χ0n) is 16.3. The van der Waals surface area contributed by atoms with Crippen molar-refractivity contribution in [2.45, 2.75) is 12.0 Å². The summed E-state index contributed by atoms with van der Waals surface area (Å²) in [7, 11) is 1.35. The van der Waals surface area contributed by atoms with Crippen LogP contribution in [-0.4, -0.2) is 58.9 Å². The Hall–Kier alpha value is -3.10. The van der Waals surface area contributed by atoms with E-state index >= 15 is 0 Å². The number of hydrogen-bond acceptors (Lipinski definition) is 4. The minimum atomic E-state index is -1.99. The molecule has 0 bridgehead atoms. The van der Waals surface area contributed by atoms with Crippen LogP contribution in [0, 0.1) is 0 Å². The summed E-state index contributed by atoms with van der Waals surface area (Å²) in [6.07, 6.45) is 0.302. The summed E-state index contributed by atoms with van der Waals surface area (Å²) in [6.45, 7) is -0.639. The molecule has 1 atom stereocenters. The molecule has 1 spiro atoms. The SMILES string of the molecule is CN1C(=O)N(CCc2ccccc2Cl)C(=O)[C@@]12C(=O)N(CC(=O)O)c1ccc(Cl)cc12. The largest absolute Gasteiger partial charge is 0.480 e. The normalized spacial score (nSPS) is 20.2. The zero-order valence-corrected chi connectivity index (χ0v) is 17.9. The molecule has 31 heavy (non-hydrogen) atoms. The molecule has 0 aliphatic carbocycles. The van der Waals surface area contributed by atoms with E-state index < -0.39 is 35.9 Å². The minimum Gasteiger partial charge on any atom is -0.480 e. The van der Waals surface area contributed by atoms with Gasteiger partial charge in [-0.2, -0.15) is 0 Å². The van der Waals surface area contributed by atoms with E-state index in [0.29, 0.717) is 11.4 Å². The van der Waals surface area contributed by atoms with Gasteiger partial charge in [0.1, 0.15) is 6.54 Å². The van der Waals surface area contributed by atoms with Crippen LogP contribution in [0.1, 0.15) is 11.1 Å². The first-order valence-electron chi connectivity index (χ1n) is 9.36. The van der Waals surface area contributed by atoms with Crippen molar-refractivity contribution in [1.29, 1.82) is 0 Å². The van der Waals surface area contributed by atoms with Crippen LogP contribution in [0.25, 0.3) is 0 Å². The molecule has 0 saturated carbocycles. The number of carbonyl (C=O) groups is 4. The van der Waals surface area contributed by atoms with Crippen molar-refractivity contribution in [3.63, 3.8) is 0 Å². The highest BCUT2D eigenvalue weighted by molar-refractivity contribution is 6.32. The Labute approximate surface area is 187 Å². The number of benzene rings is 2. The molecule has 2 aromatic rings. The maximum absolute atomic E-state index is 13.6. The van der Waals surface area contributed by atoms with E-state index in [1.54, 1.807) is 24.3 Å². The van der Waals surface area contributed by atoms with Crippen molar-refractivity contribution in [3.05, 3.63) is 63.6 Å². The number of rotatable bonds is 5. The molecular weight excluding hydrogens is 445 g/mol. The van der Waals surface area contributed by atoms with Crippen molar-refractivity contribution in [2.24, 2.45) is 0 Å². The summed E-state index contributed by atoms with van der Waals surface area (Å²) in [5.41, 5.74) is -0.820. The molecule has 0 radical (unpaired) electrons. The van der Waals surface area contributed by atoms with E-state index in [9.17, 15) is 24.3 Å².